The van der Waals surface area contributed by atoms with Gasteiger partial charge in [0.25, 0.3) is 0 Å². The fourth-order valence-corrected chi connectivity index (χ4v) is 4.89. The molecule has 5 nitrogen and oxygen atoms in total. The molecule has 4 rings (SSSR count). The van der Waals surface area contributed by atoms with Crippen LogP contribution in [0.15, 0.2) is 29.6 Å². The summed E-state index contributed by atoms with van der Waals surface area (Å²) in [6.45, 7) is 7.05. The van der Waals surface area contributed by atoms with Crippen LogP contribution < -0.4 is 10.2 Å². The van der Waals surface area contributed by atoms with Crippen LogP contribution in [0.5, 0.6) is 0 Å². The monoisotopic (exact) mass is 403 g/mol. The number of hydrogen-bond donors (Lipinski definition) is 1. The number of carbonyl (C=O) groups excluding carboxylic acids is 1. The maximum Gasteiger partial charge on any atom is 0.317 e. The minimum absolute atomic E-state index is 0.0791. The van der Waals surface area contributed by atoms with Gasteiger partial charge in [0.15, 0.2) is 0 Å². The zero-order valence-corrected chi connectivity index (χ0v) is 17.1. The molecule has 2 atom stereocenters. The molecule has 150 valence electrons. The normalized spacial score (nSPS) is 22.1. The van der Waals surface area contributed by atoms with Gasteiger partial charge >= 0.3 is 6.03 Å². The largest absolute Gasteiger partial charge is 0.372 e. The second kappa shape index (κ2) is 8.09. The van der Waals surface area contributed by atoms with E-state index < -0.39 is 0 Å². The van der Waals surface area contributed by atoms with Gasteiger partial charge in [-0.1, -0.05) is 6.07 Å². The number of benzene rings is 1. The first kappa shape index (κ1) is 19.2. The fourth-order valence-electron chi connectivity index (χ4n) is 4.00. The Hall–Kier alpha value is -2.12. The lowest BCUT2D eigenvalue weighted by atomic mass is 10.1. The van der Waals surface area contributed by atoms with Crippen LogP contribution in [0.3, 0.4) is 0 Å². The van der Waals surface area contributed by atoms with Crippen LogP contribution in [0.2, 0.25) is 0 Å². The number of anilines is 1. The van der Waals surface area contributed by atoms with Crippen molar-refractivity contribution < 1.29 is 13.9 Å². The summed E-state index contributed by atoms with van der Waals surface area (Å²) < 4.78 is 20.4. The molecule has 28 heavy (non-hydrogen) atoms. The maximum absolute atomic E-state index is 14.7. The molecular weight excluding hydrogens is 377 g/mol. The van der Waals surface area contributed by atoms with Crippen LogP contribution in [0.25, 0.3) is 0 Å². The van der Waals surface area contributed by atoms with Crippen molar-refractivity contribution in [1.29, 1.82) is 0 Å². The van der Waals surface area contributed by atoms with Gasteiger partial charge in [0, 0.05) is 37.6 Å². The predicted octanol–water partition coefficient (Wildman–Crippen LogP) is 3.77. The van der Waals surface area contributed by atoms with E-state index >= 15 is 0 Å². The second-order valence-corrected chi connectivity index (χ2v) is 8.65. The van der Waals surface area contributed by atoms with Crippen molar-refractivity contribution >= 4 is 23.1 Å². The Morgan fingerprint density at radius 3 is 2.82 bits per heavy atom. The van der Waals surface area contributed by atoms with Gasteiger partial charge in [0.1, 0.15) is 5.82 Å². The topological polar surface area (TPSA) is 44.8 Å². The van der Waals surface area contributed by atoms with Crippen molar-refractivity contribution in [2.45, 2.75) is 45.6 Å². The van der Waals surface area contributed by atoms with Gasteiger partial charge in [0.05, 0.1) is 17.9 Å². The lowest BCUT2D eigenvalue weighted by Crippen LogP contribution is -2.45. The van der Waals surface area contributed by atoms with Gasteiger partial charge in [-0.2, -0.15) is 0 Å². The Morgan fingerprint density at radius 1 is 1.29 bits per heavy atom. The third-order valence-electron chi connectivity index (χ3n) is 5.31. The Bertz CT molecular complexity index is 846. The van der Waals surface area contributed by atoms with E-state index in [0.29, 0.717) is 31.9 Å². The average Bonchev–Trinajstić information content (AvgIpc) is 3.13. The van der Waals surface area contributed by atoms with Gasteiger partial charge in [-0.3, -0.25) is 0 Å². The van der Waals surface area contributed by atoms with Crippen molar-refractivity contribution in [1.82, 2.24) is 10.2 Å². The molecule has 7 heteroatoms. The Labute approximate surface area is 169 Å². The summed E-state index contributed by atoms with van der Waals surface area (Å²) in [4.78, 5) is 17.7. The maximum atomic E-state index is 14.7. The smallest absolute Gasteiger partial charge is 0.317 e. The molecule has 1 N–H and O–H groups in total. The molecule has 1 aromatic carbocycles. The summed E-state index contributed by atoms with van der Waals surface area (Å²) in [5.74, 6) is -0.256. The van der Waals surface area contributed by atoms with E-state index in [-0.39, 0.29) is 24.1 Å². The molecule has 0 aliphatic carbocycles. The molecule has 1 saturated heterocycles. The SMILES string of the molecule is CC1CN(c2ccc(CNC(=O)N3CCc4sccc4C3)cc2F)CC(C)O1. The highest BCUT2D eigenvalue weighted by molar-refractivity contribution is 7.10. The number of rotatable bonds is 3. The third kappa shape index (κ3) is 4.15. The van der Waals surface area contributed by atoms with E-state index in [1.807, 2.05) is 29.7 Å². The number of ether oxygens (including phenoxy) is 1. The molecule has 2 aromatic rings. The van der Waals surface area contributed by atoms with Gasteiger partial charge in [-0.15, -0.1) is 11.3 Å². The predicted molar refractivity (Wildman–Crippen MR) is 109 cm³/mol. The highest BCUT2D eigenvalue weighted by atomic mass is 32.1. The van der Waals surface area contributed by atoms with Crippen molar-refractivity contribution in [3.8, 4) is 0 Å². The van der Waals surface area contributed by atoms with Crippen LogP contribution in [0.4, 0.5) is 14.9 Å². The molecule has 0 saturated carbocycles. The third-order valence-corrected chi connectivity index (χ3v) is 6.33. The number of nitrogens with zero attached hydrogens (tertiary/aromatic N) is 2. The first-order valence-electron chi connectivity index (χ1n) is 9.76. The van der Waals surface area contributed by atoms with Crippen LogP contribution in [0, 0.1) is 5.82 Å². The van der Waals surface area contributed by atoms with Crippen LogP contribution >= 0.6 is 11.3 Å². The standard InChI is InChI=1S/C21H26FN3O2S/c1-14-11-25(12-15(2)27-14)19-4-3-16(9-18(19)22)10-23-21(26)24-7-5-20-17(13-24)6-8-28-20/h3-4,6,8-9,14-15H,5,7,10-13H2,1-2H3,(H,23,26). The number of amides is 2. The minimum Gasteiger partial charge on any atom is -0.372 e. The van der Waals surface area contributed by atoms with E-state index in [4.69, 9.17) is 4.74 Å². The van der Waals surface area contributed by atoms with Crippen LogP contribution in [0.1, 0.15) is 29.9 Å². The summed E-state index contributed by atoms with van der Waals surface area (Å²) in [6, 6.07) is 7.20. The summed E-state index contributed by atoms with van der Waals surface area (Å²) in [6.07, 6.45) is 1.06. The molecule has 2 amide bonds. The Morgan fingerprint density at radius 2 is 2.07 bits per heavy atom. The van der Waals surface area contributed by atoms with E-state index in [0.717, 1.165) is 18.5 Å². The summed E-state index contributed by atoms with van der Waals surface area (Å²) in [5.41, 5.74) is 2.59. The average molecular weight is 404 g/mol. The molecule has 0 radical (unpaired) electrons. The molecule has 3 heterocycles. The van der Waals surface area contributed by atoms with Crippen molar-refractivity contribution in [2.75, 3.05) is 24.5 Å². The number of nitrogens with one attached hydrogen (secondary N) is 1. The summed E-state index contributed by atoms with van der Waals surface area (Å²) >= 11 is 1.75. The number of carbonyl (C=O) groups is 1. The number of fused-ring (bicyclic) bond motifs is 1. The number of hydrogen-bond acceptors (Lipinski definition) is 4. The van der Waals surface area contributed by atoms with E-state index in [9.17, 15) is 9.18 Å². The number of halogens is 1. The van der Waals surface area contributed by atoms with E-state index in [2.05, 4.69) is 16.8 Å². The number of thiophene rings is 1. The zero-order chi connectivity index (χ0) is 19.7. The molecule has 0 spiro atoms. The summed E-state index contributed by atoms with van der Waals surface area (Å²) in [5, 5.41) is 5.00. The lowest BCUT2D eigenvalue weighted by Gasteiger charge is -2.37. The van der Waals surface area contributed by atoms with Crippen molar-refractivity contribution in [3.63, 3.8) is 0 Å². The fraction of sp³-hybridized carbons (Fsp3) is 0.476. The number of urea groups is 1. The van der Waals surface area contributed by atoms with E-state index in [1.54, 1.807) is 17.4 Å². The van der Waals surface area contributed by atoms with Gasteiger partial charge < -0.3 is 19.9 Å². The molecule has 2 aliphatic heterocycles. The highest BCUT2D eigenvalue weighted by Gasteiger charge is 2.25. The van der Waals surface area contributed by atoms with E-state index in [1.165, 1.54) is 16.5 Å². The van der Waals surface area contributed by atoms with Crippen LogP contribution in [-0.4, -0.2) is 42.8 Å². The zero-order valence-electron chi connectivity index (χ0n) is 16.3. The van der Waals surface area contributed by atoms with Gasteiger partial charge in [0.2, 0.25) is 0 Å². The second-order valence-electron chi connectivity index (χ2n) is 7.65. The first-order chi connectivity index (χ1) is 13.5. The molecule has 2 aliphatic rings. The Kier molecular flexibility index (Phi) is 5.55. The minimum atomic E-state index is -0.256. The van der Waals surface area contributed by atoms with Gasteiger partial charge in [-0.05, 0) is 55.0 Å². The molecule has 1 fully saturated rings. The molecule has 1 aromatic heterocycles. The molecular formula is C21H26FN3O2S. The van der Waals surface area contributed by atoms with Crippen molar-refractivity contribution in [2.24, 2.45) is 0 Å². The first-order valence-corrected chi connectivity index (χ1v) is 10.6. The number of morpholine rings is 1. The lowest BCUT2D eigenvalue weighted by molar-refractivity contribution is -0.00539. The van der Waals surface area contributed by atoms with Crippen LogP contribution in [-0.2, 0) is 24.2 Å². The van der Waals surface area contributed by atoms with Crippen molar-refractivity contribution in [3.05, 3.63) is 51.5 Å². The Balaban J connectivity index is 1.35. The highest BCUT2D eigenvalue weighted by Crippen LogP contribution is 2.25. The molecule has 2 unspecified atom stereocenters. The van der Waals surface area contributed by atoms with Gasteiger partial charge in [-0.25, -0.2) is 9.18 Å². The molecule has 0 bridgehead atoms. The summed E-state index contributed by atoms with van der Waals surface area (Å²) in [7, 11) is 0. The quantitative estimate of drug-likeness (QED) is 0.849.